The number of nitrogen functional groups attached to an aromatic ring is 1. The lowest BCUT2D eigenvalue weighted by molar-refractivity contribution is -0.124. The molecule has 1 unspecified atom stereocenters. The fourth-order valence-corrected chi connectivity index (χ4v) is 1.66. The Morgan fingerprint density at radius 1 is 1.56 bits per heavy atom. The third-order valence-corrected chi connectivity index (χ3v) is 2.52. The molecule has 1 amide bonds. The van der Waals surface area contributed by atoms with Gasteiger partial charge in [0.2, 0.25) is 0 Å². The van der Waals surface area contributed by atoms with Crippen LogP contribution in [-0.4, -0.2) is 18.6 Å². The molecular weight excluding hydrogens is 211 g/mol. The lowest BCUT2D eigenvalue weighted by atomic mass is 10.2. The molecule has 2 rings (SSSR count). The van der Waals surface area contributed by atoms with Gasteiger partial charge in [-0.1, -0.05) is 6.07 Å². The Bertz CT molecular complexity index is 383. The summed E-state index contributed by atoms with van der Waals surface area (Å²) in [5.41, 5.74) is 5.82. The van der Waals surface area contributed by atoms with Gasteiger partial charge in [-0.25, -0.2) is 4.39 Å². The predicted octanol–water partition coefficient (Wildman–Crippen LogP) is 1.53. The van der Waals surface area contributed by atoms with E-state index in [2.05, 4.69) is 5.32 Å². The molecule has 0 saturated carbocycles. The lowest BCUT2D eigenvalue weighted by Gasteiger charge is -2.12. The number of carbonyl (C=O) groups is 1. The van der Waals surface area contributed by atoms with Gasteiger partial charge in [0.15, 0.2) is 0 Å². The van der Waals surface area contributed by atoms with Crippen LogP contribution in [0.15, 0.2) is 18.2 Å². The second-order valence-electron chi connectivity index (χ2n) is 3.69. The minimum Gasteiger partial charge on any atom is -0.397 e. The Balaban J connectivity index is 2.11. The summed E-state index contributed by atoms with van der Waals surface area (Å²) >= 11 is 0. The molecule has 0 bridgehead atoms. The largest absolute Gasteiger partial charge is 0.397 e. The maximum Gasteiger partial charge on any atom is 0.253 e. The molecule has 1 atom stereocenters. The summed E-state index contributed by atoms with van der Waals surface area (Å²) in [6.07, 6.45) is 1.03. The molecule has 5 heteroatoms. The summed E-state index contributed by atoms with van der Waals surface area (Å²) in [4.78, 5) is 11.7. The summed E-state index contributed by atoms with van der Waals surface area (Å²) in [5, 5.41) is 2.46. The average molecular weight is 224 g/mol. The van der Waals surface area contributed by atoms with Crippen LogP contribution in [0.2, 0.25) is 0 Å². The average Bonchev–Trinajstić information content (AvgIpc) is 2.76. The van der Waals surface area contributed by atoms with Crippen molar-refractivity contribution in [1.82, 2.24) is 0 Å². The van der Waals surface area contributed by atoms with Crippen molar-refractivity contribution in [3.8, 4) is 0 Å². The van der Waals surface area contributed by atoms with Crippen molar-refractivity contribution in [3.63, 3.8) is 0 Å². The number of halogens is 1. The topological polar surface area (TPSA) is 64.3 Å². The SMILES string of the molecule is Nc1cccc(F)c1NC(=O)C1CCCO1. The van der Waals surface area contributed by atoms with Gasteiger partial charge in [0.1, 0.15) is 17.6 Å². The Morgan fingerprint density at radius 3 is 3.00 bits per heavy atom. The number of hydrogen-bond donors (Lipinski definition) is 2. The number of ether oxygens (including phenoxy) is 1. The van der Waals surface area contributed by atoms with Crippen LogP contribution in [0.3, 0.4) is 0 Å². The third kappa shape index (κ3) is 2.14. The standard InChI is InChI=1S/C11H13FN2O2/c12-7-3-1-4-8(13)10(7)14-11(15)9-5-2-6-16-9/h1,3-4,9H,2,5-6,13H2,(H,14,15). The van der Waals surface area contributed by atoms with Crippen LogP contribution >= 0.6 is 0 Å². The van der Waals surface area contributed by atoms with Crippen LogP contribution in [0.1, 0.15) is 12.8 Å². The first-order chi connectivity index (χ1) is 7.68. The Morgan fingerprint density at radius 2 is 2.38 bits per heavy atom. The first-order valence-corrected chi connectivity index (χ1v) is 5.15. The van der Waals surface area contributed by atoms with Gasteiger partial charge in [0.05, 0.1) is 5.69 Å². The molecule has 0 spiro atoms. The Labute approximate surface area is 92.6 Å². The van der Waals surface area contributed by atoms with Crippen molar-refractivity contribution in [2.45, 2.75) is 18.9 Å². The van der Waals surface area contributed by atoms with E-state index in [-0.39, 0.29) is 17.3 Å². The van der Waals surface area contributed by atoms with E-state index in [4.69, 9.17) is 10.5 Å². The van der Waals surface area contributed by atoms with Gasteiger partial charge >= 0.3 is 0 Å². The highest BCUT2D eigenvalue weighted by atomic mass is 19.1. The summed E-state index contributed by atoms with van der Waals surface area (Å²) in [6, 6.07) is 4.28. The molecule has 16 heavy (non-hydrogen) atoms. The zero-order valence-electron chi connectivity index (χ0n) is 8.70. The molecule has 1 aromatic carbocycles. The van der Waals surface area contributed by atoms with Gasteiger partial charge < -0.3 is 15.8 Å². The minimum absolute atomic E-state index is 0.0306. The summed E-state index contributed by atoms with van der Waals surface area (Å²) in [5.74, 6) is -0.874. The summed E-state index contributed by atoms with van der Waals surface area (Å²) < 4.78 is 18.6. The van der Waals surface area contributed by atoms with Crippen LogP contribution in [-0.2, 0) is 9.53 Å². The molecule has 0 aliphatic carbocycles. The van der Waals surface area contributed by atoms with Crippen LogP contribution < -0.4 is 11.1 Å². The fourth-order valence-electron chi connectivity index (χ4n) is 1.66. The number of rotatable bonds is 2. The third-order valence-electron chi connectivity index (χ3n) is 2.52. The molecule has 86 valence electrons. The molecular formula is C11H13FN2O2. The number of hydrogen-bond acceptors (Lipinski definition) is 3. The number of amides is 1. The Kier molecular flexibility index (Phi) is 3.05. The highest BCUT2D eigenvalue weighted by Crippen LogP contribution is 2.23. The Hall–Kier alpha value is -1.62. The number of para-hydroxylation sites is 1. The predicted molar refractivity (Wildman–Crippen MR) is 58.4 cm³/mol. The molecule has 1 aliphatic heterocycles. The molecule has 1 aliphatic rings. The second kappa shape index (κ2) is 4.49. The van der Waals surface area contributed by atoms with E-state index in [1.165, 1.54) is 18.2 Å². The quantitative estimate of drug-likeness (QED) is 0.749. The van der Waals surface area contributed by atoms with Gasteiger partial charge in [0.25, 0.3) is 5.91 Å². The minimum atomic E-state index is -0.536. The molecule has 0 radical (unpaired) electrons. The van der Waals surface area contributed by atoms with E-state index in [0.717, 1.165) is 6.42 Å². The van der Waals surface area contributed by atoms with Crippen LogP contribution in [0.4, 0.5) is 15.8 Å². The monoisotopic (exact) mass is 224 g/mol. The van der Waals surface area contributed by atoms with E-state index in [0.29, 0.717) is 13.0 Å². The van der Waals surface area contributed by atoms with Gasteiger partial charge in [-0.2, -0.15) is 0 Å². The molecule has 3 N–H and O–H groups in total. The normalized spacial score (nSPS) is 19.7. The fraction of sp³-hybridized carbons (Fsp3) is 0.364. The second-order valence-corrected chi connectivity index (χ2v) is 3.69. The van der Waals surface area contributed by atoms with E-state index in [9.17, 15) is 9.18 Å². The van der Waals surface area contributed by atoms with E-state index >= 15 is 0 Å². The molecule has 0 aromatic heterocycles. The van der Waals surface area contributed by atoms with Crippen molar-refractivity contribution in [1.29, 1.82) is 0 Å². The molecule has 1 heterocycles. The van der Waals surface area contributed by atoms with Crippen molar-refractivity contribution < 1.29 is 13.9 Å². The molecule has 4 nitrogen and oxygen atoms in total. The summed E-state index contributed by atoms with van der Waals surface area (Å²) in [6.45, 7) is 0.574. The van der Waals surface area contributed by atoms with Gasteiger partial charge in [-0.05, 0) is 25.0 Å². The molecule has 1 aromatic rings. The lowest BCUT2D eigenvalue weighted by Crippen LogP contribution is -2.27. The number of benzene rings is 1. The number of nitrogens with one attached hydrogen (secondary N) is 1. The van der Waals surface area contributed by atoms with Crippen LogP contribution in [0.25, 0.3) is 0 Å². The first kappa shape index (κ1) is 10.9. The number of nitrogens with two attached hydrogens (primary N) is 1. The van der Waals surface area contributed by atoms with Crippen molar-refractivity contribution >= 4 is 17.3 Å². The van der Waals surface area contributed by atoms with Crippen LogP contribution in [0, 0.1) is 5.82 Å². The van der Waals surface area contributed by atoms with E-state index in [1.54, 1.807) is 0 Å². The zero-order valence-corrected chi connectivity index (χ0v) is 8.70. The number of anilines is 2. The van der Waals surface area contributed by atoms with Gasteiger partial charge in [0, 0.05) is 6.61 Å². The number of carbonyl (C=O) groups excluding carboxylic acids is 1. The highest BCUT2D eigenvalue weighted by Gasteiger charge is 2.24. The molecule has 1 fully saturated rings. The summed E-state index contributed by atoms with van der Waals surface area (Å²) in [7, 11) is 0. The van der Waals surface area contributed by atoms with Crippen molar-refractivity contribution in [3.05, 3.63) is 24.0 Å². The maximum atomic E-state index is 13.4. The first-order valence-electron chi connectivity index (χ1n) is 5.15. The van der Waals surface area contributed by atoms with Crippen molar-refractivity contribution in [2.24, 2.45) is 0 Å². The van der Waals surface area contributed by atoms with E-state index < -0.39 is 11.9 Å². The van der Waals surface area contributed by atoms with Gasteiger partial charge in [-0.15, -0.1) is 0 Å². The maximum absolute atomic E-state index is 13.4. The van der Waals surface area contributed by atoms with Gasteiger partial charge in [-0.3, -0.25) is 4.79 Å². The van der Waals surface area contributed by atoms with Crippen molar-refractivity contribution in [2.75, 3.05) is 17.7 Å². The van der Waals surface area contributed by atoms with E-state index in [1.807, 2.05) is 0 Å². The highest BCUT2D eigenvalue weighted by molar-refractivity contribution is 5.96. The smallest absolute Gasteiger partial charge is 0.253 e. The molecule has 1 saturated heterocycles. The van der Waals surface area contributed by atoms with Crippen LogP contribution in [0.5, 0.6) is 0 Å². The zero-order chi connectivity index (χ0) is 11.5.